The van der Waals surface area contributed by atoms with Crippen LogP contribution in [0.25, 0.3) is 0 Å². The Kier molecular flexibility index (Phi) is 3.46. The highest BCUT2D eigenvalue weighted by molar-refractivity contribution is 9.09. The molecule has 0 radical (unpaired) electrons. The lowest BCUT2D eigenvalue weighted by atomic mass is 9.55. The van der Waals surface area contributed by atoms with Crippen LogP contribution in [0.1, 0.15) is 33.7 Å². The highest BCUT2D eigenvalue weighted by atomic mass is 79.9. The number of rotatable bonds is 1. The van der Waals surface area contributed by atoms with Gasteiger partial charge in [0, 0.05) is 5.92 Å². The van der Waals surface area contributed by atoms with E-state index in [1.54, 1.807) is 24.3 Å². The lowest BCUT2D eigenvalue weighted by Gasteiger charge is -2.51. The van der Waals surface area contributed by atoms with E-state index in [1.165, 1.54) is 4.90 Å². The summed E-state index contributed by atoms with van der Waals surface area (Å²) in [5.74, 6) is -1.50. The number of carbonyl (C=O) groups excluding carboxylic acids is 2. The van der Waals surface area contributed by atoms with Crippen LogP contribution in [-0.2, 0) is 13.9 Å². The number of hydrogen-bond acceptors (Lipinski definition) is 3. The molecule has 0 saturated carbocycles. The van der Waals surface area contributed by atoms with Crippen LogP contribution in [0, 0.1) is 23.2 Å². The van der Waals surface area contributed by atoms with E-state index in [9.17, 15) is 9.59 Å². The normalized spacial score (nSPS) is 28.0. The summed E-state index contributed by atoms with van der Waals surface area (Å²) in [6.45, 7) is 0. The molecule has 5 heteroatoms. The number of hydrogen-bond donors (Lipinski definition) is 0. The van der Waals surface area contributed by atoms with Gasteiger partial charge in [0.15, 0.2) is 0 Å². The average Bonchev–Trinajstić information content (AvgIpc) is 3.06. The van der Waals surface area contributed by atoms with Gasteiger partial charge >= 0.3 is 0 Å². The zero-order valence-corrected chi connectivity index (χ0v) is 17.3. The first kappa shape index (κ1) is 17.6. The molecule has 2 amide bonds. The van der Waals surface area contributed by atoms with E-state index in [0.29, 0.717) is 11.3 Å². The number of nitrogens with zero attached hydrogens (tertiary/aromatic N) is 2. The Bertz CT molecular complexity index is 1240. The molecule has 1 fully saturated rings. The third-order valence-corrected chi connectivity index (χ3v) is 8.12. The highest BCUT2D eigenvalue weighted by Crippen LogP contribution is 2.66. The van der Waals surface area contributed by atoms with Crippen molar-refractivity contribution in [3.8, 4) is 6.07 Å². The van der Waals surface area contributed by atoms with Crippen molar-refractivity contribution in [2.24, 2.45) is 11.8 Å². The van der Waals surface area contributed by atoms with Gasteiger partial charge in [-0.2, -0.15) is 5.26 Å². The van der Waals surface area contributed by atoms with Crippen LogP contribution < -0.4 is 4.90 Å². The fourth-order valence-electron chi connectivity index (χ4n) is 5.62. The van der Waals surface area contributed by atoms with E-state index in [0.717, 1.165) is 22.3 Å². The first-order valence-corrected chi connectivity index (χ1v) is 10.6. The molecule has 3 aromatic rings. The second-order valence-electron chi connectivity index (χ2n) is 8.04. The van der Waals surface area contributed by atoms with Gasteiger partial charge in [-0.1, -0.05) is 64.5 Å². The Balaban J connectivity index is 1.58. The molecule has 30 heavy (non-hydrogen) atoms. The maximum absolute atomic E-state index is 13.7. The van der Waals surface area contributed by atoms with Gasteiger partial charge in [-0.25, -0.2) is 4.90 Å². The molecule has 0 unspecified atom stereocenters. The predicted octanol–water partition coefficient (Wildman–Crippen LogP) is 4.46. The molecular formula is C25H15BrN2O2. The molecule has 3 aliphatic carbocycles. The Labute approximate surface area is 181 Å². The van der Waals surface area contributed by atoms with E-state index in [-0.39, 0.29) is 17.7 Å². The van der Waals surface area contributed by atoms with E-state index in [4.69, 9.17) is 5.26 Å². The molecular weight excluding hydrogens is 440 g/mol. The quantitative estimate of drug-likeness (QED) is 0.402. The van der Waals surface area contributed by atoms with Crippen LogP contribution in [0.3, 0.4) is 0 Å². The maximum atomic E-state index is 13.7. The fraction of sp³-hybridized carbons (Fsp3) is 0.160. The summed E-state index contributed by atoms with van der Waals surface area (Å²) < 4.78 is -0.742. The predicted molar refractivity (Wildman–Crippen MR) is 115 cm³/mol. The van der Waals surface area contributed by atoms with Crippen LogP contribution >= 0.6 is 15.9 Å². The zero-order chi connectivity index (χ0) is 20.6. The van der Waals surface area contributed by atoms with Crippen molar-refractivity contribution in [1.29, 1.82) is 5.26 Å². The number of anilines is 1. The van der Waals surface area contributed by atoms with Gasteiger partial charge in [-0.05, 0) is 46.5 Å². The van der Waals surface area contributed by atoms with Crippen LogP contribution in [0.15, 0.2) is 72.8 Å². The number of benzene rings is 3. The Morgan fingerprint density at radius 3 is 1.97 bits per heavy atom. The molecule has 144 valence electrons. The molecule has 4 aliphatic rings. The molecule has 1 heterocycles. The number of nitriles is 1. The Morgan fingerprint density at radius 2 is 1.40 bits per heavy atom. The van der Waals surface area contributed by atoms with Crippen molar-refractivity contribution in [1.82, 2.24) is 0 Å². The summed E-state index contributed by atoms with van der Waals surface area (Å²) >= 11 is 3.99. The van der Waals surface area contributed by atoms with E-state index < -0.39 is 16.2 Å². The summed E-state index contributed by atoms with van der Waals surface area (Å²) in [5, 5.41) is 9.07. The molecule has 3 aromatic carbocycles. The monoisotopic (exact) mass is 454 g/mol. The summed E-state index contributed by atoms with van der Waals surface area (Å²) in [7, 11) is 0. The first-order valence-electron chi connectivity index (χ1n) is 9.83. The van der Waals surface area contributed by atoms with E-state index in [1.807, 2.05) is 24.3 Å². The van der Waals surface area contributed by atoms with E-state index in [2.05, 4.69) is 46.3 Å². The molecule has 0 N–H and O–H groups in total. The zero-order valence-electron chi connectivity index (χ0n) is 15.7. The van der Waals surface area contributed by atoms with Crippen LogP contribution in [0.4, 0.5) is 5.69 Å². The van der Waals surface area contributed by atoms with Gasteiger partial charge in [0.25, 0.3) is 0 Å². The Hall–Kier alpha value is -3.23. The third kappa shape index (κ3) is 1.95. The van der Waals surface area contributed by atoms with Gasteiger partial charge < -0.3 is 0 Å². The molecule has 1 aliphatic heterocycles. The second kappa shape index (κ2) is 5.90. The summed E-state index contributed by atoms with van der Waals surface area (Å²) in [6.07, 6.45) is 0. The smallest absolute Gasteiger partial charge is 0.239 e. The van der Waals surface area contributed by atoms with Crippen LogP contribution in [0.5, 0.6) is 0 Å². The van der Waals surface area contributed by atoms with Crippen LogP contribution in [0.2, 0.25) is 0 Å². The lowest BCUT2D eigenvalue weighted by molar-refractivity contribution is -0.122. The third-order valence-electron chi connectivity index (χ3n) is 6.77. The number of carbonyl (C=O) groups is 2. The molecule has 0 spiro atoms. The lowest BCUT2D eigenvalue weighted by Crippen LogP contribution is -2.50. The maximum Gasteiger partial charge on any atom is 0.239 e. The van der Waals surface area contributed by atoms with Gasteiger partial charge in [0.2, 0.25) is 11.8 Å². The van der Waals surface area contributed by atoms with Crippen molar-refractivity contribution in [3.05, 3.63) is 101 Å². The Morgan fingerprint density at radius 1 is 0.833 bits per heavy atom. The molecule has 7 rings (SSSR count). The number of imide groups is 1. The summed E-state index contributed by atoms with van der Waals surface area (Å²) in [5.41, 5.74) is 5.36. The van der Waals surface area contributed by atoms with E-state index >= 15 is 0 Å². The minimum Gasteiger partial charge on any atom is -0.274 e. The molecule has 0 aromatic heterocycles. The molecule has 4 nitrogen and oxygen atoms in total. The van der Waals surface area contributed by atoms with Crippen LogP contribution in [-0.4, -0.2) is 11.8 Å². The number of alkyl halides is 1. The molecule has 1 saturated heterocycles. The summed E-state index contributed by atoms with van der Waals surface area (Å²) in [6, 6.07) is 24.9. The number of halogens is 1. The molecule has 2 atom stereocenters. The van der Waals surface area contributed by atoms with Gasteiger partial charge in [-0.3, -0.25) is 9.59 Å². The van der Waals surface area contributed by atoms with Gasteiger partial charge in [0.1, 0.15) is 0 Å². The van der Waals surface area contributed by atoms with Crippen molar-refractivity contribution >= 4 is 33.4 Å². The van der Waals surface area contributed by atoms with Crippen molar-refractivity contribution in [2.75, 3.05) is 4.90 Å². The van der Waals surface area contributed by atoms with Crippen molar-refractivity contribution < 1.29 is 9.59 Å². The minimum atomic E-state index is -0.742. The highest BCUT2D eigenvalue weighted by Gasteiger charge is 2.67. The topological polar surface area (TPSA) is 61.2 Å². The number of amides is 2. The first-order chi connectivity index (χ1) is 14.6. The standard InChI is InChI=1S/C25H15BrN2O2/c26-25-18-7-3-1-5-16(18)20(17-6-2-4-8-19(17)25)21-22(25)24(30)28(23(21)29)15-11-9-14(13-27)10-12-15/h1-12,20-22H/t20?,21-,22-,25?/m0/s1. The average molecular weight is 455 g/mol. The summed E-state index contributed by atoms with van der Waals surface area (Å²) in [4.78, 5) is 28.7. The van der Waals surface area contributed by atoms with Crippen molar-refractivity contribution in [2.45, 2.75) is 10.2 Å². The van der Waals surface area contributed by atoms with Crippen molar-refractivity contribution in [3.63, 3.8) is 0 Å². The van der Waals surface area contributed by atoms with Gasteiger partial charge in [-0.15, -0.1) is 0 Å². The fourth-order valence-corrected chi connectivity index (χ4v) is 6.82. The molecule has 2 bridgehead atoms. The van der Waals surface area contributed by atoms with Gasteiger partial charge in [0.05, 0.1) is 33.5 Å². The largest absolute Gasteiger partial charge is 0.274 e. The minimum absolute atomic E-state index is 0.151. The second-order valence-corrected chi connectivity index (χ2v) is 9.29. The SMILES string of the molecule is N#Cc1ccc(N2C(=O)[C@@H]3[C@@H](C2=O)C2c4ccccc4C3(Br)c3ccccc32)cc1.